The van der Waals surface area contributed by atoms with Crippen molar-refractivity contribution in [2.24, 2.45) is 5.73 Å². The van der Waals surface area contributed by atoms with Gasteiger partial charge in [-0.3, -0.25) is 0 Å². The second-order valence-corrected chi connectivity index (χ2v) is 2.11. The van der Waals surface area contributed by atoms with Crippen LogP contribution in [0.5, 0.6) is 0 Å². The fraction of sp³-hybridized carbons (Fsp3) is 0.571. The van der Waals surface area contributed by atoms with Gasteiger partial charge in [0.1, 0.15) is 6.10 Å². The molecule has 0 saturated heterocycles. The molecule has 4 nitrogen and oxygen atoms in total. The first kappa shape index (κ1) is 9.97. The molecule has 0 spiro atoms. The van der Waals surface area contributed by atoms with Crippen molar-refractivity contribution >= 4 is 5.97 Å². The van der Waals surface area contributed by atoms with E-state index in [-0.39, 0.29) is 11.9 Å². The summed E-state index contributed by atoms with van der Waals surface area (Å²) in [5, 5.41) is 8.36. The maximum atomic E-state index is 10.2. The molecule has 0 heterocycles. The molecule has 1 atom stereocenters. The van der Waals surface area contributed by atoms with Gasteiger partial charge < -0.3 is 15.6 Å². The van der Waals surface area contributed by atoms with Crippen molar-refractivity contribution in [3.8, 4) is 0 Å². The van der Waals surface area contributed by atoms with Crippen LogP contribution < -0.4 is 5.73 Å². The van der Waals surface area contributed by atoms with Crippen LogP contribution in [0.15, 0.2) is 12.3 Å². The van der Waals surface area contributed by atoms with Crippen LogP contribution in [0.2, 0.25) is 0 Å². The number of nitrogens with two attached hydrogens (primary N) is 1. The van der Waals surface area contributed by atoms with Gasteiger partial charge in [-0.05, 0) is 13.0 Å². The van der Waals surface area contributed by atoms with E-state index in [1.165, 1.54) is 0 Å². The predicted molar refractivity (Wildman–Crippen MR) is 41.0 cm³/mol. The summed E-state index contributed by atoms with van der Waals surface area (Å²) in [5.41, 5.74) is 5.27. The van der Waals surface area contributed by atoms with Crippen molar-refractivity contribution in [3.63, 3.8) is 0 Å². The highest BCUT2D eigenvalue weighted by atomic mass is 16.5. The molecule has 0 rings (SSSR count). The van der Waals surface area contributed by atoms with Gasteiger partial charge in [-0.2, -0.15) is 0 Å². The van der Waals surface area contributed by atoms with E-state index in [0.717, 1.165) is 0 Å². The zero-order valence-corrected chi connectivity index (χ0v) is 6.54. The average molecular weight is 159 g/mol. The first-order valence-corrected chi connectivity index (χ1v) is 3.40. The van der Waals surface area contributed by atoms with Crippen LogP contribution in [-0.2, 0) is 9.53 Å². The van der Waals surface area contributed by atoms with E-state index >= 15 is 0 Å². The molecule has 0 radical (unpaired) electrons. The molecule has 4 heteroatoms. The molecule has 0 aromatic rings. The van der Waals surface area contributed by atoms with E-state index < -0.39 is 5.97 Å². The first-order valence-electron chi connectivity index (χ1n) is 3.40. The van der Waals surface area contributed by atoms with Crippen molar-refractivity contribution in [3.05, 3.63) is 12.3 Å². The minimum Gasteiger partial charge on any atom is -0.482 e. The standard InChI is InChI=1S/C7H13NO3/c1-3-6(4-8)11-5(2)7(9)10/h6H,2-4,8H2,1H3,(H,9,10). The lowest BCUT2D eigenvalue weighted by atomic mass is 10.3. The Morgan fingerprint density at radius 2 is 2.36 bits per heavy atom. The van der Waals surface area contributed by atoms with Gasteiger partial charge in [0, 0.05) is 6.54 Å². The Hall–Kier alpha value is -1.03. The Bertz CT molecular complexity index is 152. The molecule has 1 unspecified atom stereocenters. The Labute approximate surface area is 65.6 Å². The van der Waals surface area contributed by atoms with Gasteiger partial charge in [0.25, 0.3) is 0 Å². The number of carbonyl (C=O) groups is 1. The van der Waals surface area contributed by atoms with Crippen molar-refractivity contribution in [1.82, 2.24) is 0 Å². The van der Waals surface area contributed by atoms with Crippen LogP contribution in [0.4, 0.5) is 0 Å². The van der Waals surface area contributed by atoms with Crippen LogP contribution in [0, 0.1) is 0 Å². The van der Waals surface area contributed by atoms with Crippen LogP contribution in [0.25, 0.3) is 0 Å². The lowest BCUT2D eigenvalue weighted by Crippen LogP contribution is -2.24. The van der Waals surface area contributed by atoms with Crippen LogP contribution in [-0.4, -0.2) is 23.7 Å². The van der Waals surface area contributed by atoms with E-state index in [4.69, 9.17) is 15.6 Å². The van der Waals surface area contributed by atoms with E-state index in [9.17, 15) is 4.79 Å². The first-order chi connectivity index (χ1) is 5.11. The Kier molecular flexibility index (Phi) is 4.29. The van der Waals surface area contributed by atoms with Gasteiger partial charge in [-0.1, -0.05) is 6.92 Å². The Morgan fingerprint density at radius 3 is 2.64 bits per heavy atom. The molecule has 0 aromatic carbocycles. The minimum atomic E-state index is -1.14. The molecule has 0 aromatic heterocycles. The highest BCUT2D eigenvalue weighted by Crippen LogP contribution is 2.02. The topological polar surface area (TPSA) is 72.5 Å². The molecule has 0 saturated carbocycles. The summed E-state index contributed by atoms with van der Waals surface area (Å²) in [6.45, 7) is 5.39. The molecule has 0 amide bonds. The molecule has 0 bridgehead atoms. The highest BCUT2D eigenvalue weighted by Gasteiger charge is 2.10. The van der Waals surface area contributed by atoms with Gasteiger partial charge in [0.15, 0.2) is 5.76 Å². The zero-order valence-electron chi connectivity index (χ0n) is 6.54. The molecule has 3 N–H and O–H groups in total. The highest BCUT2D eigenvalue weighted by molar-refractivity contribution is 5.83. The lowest BCUT2D eigenvalue weighted by Gasteiger charge is -2.14. The predicted octanol–water partition coefficient (Wildman–Crippen LogP) is 0.339. The SMILES string of the molecule is C=C(OC(CC)CN)C(=O)O. The van der Waals surface area contributed by atoms with Crippen LogP contribution >= 0.6 is 0 Å². The maximum absolute atomic E-state index is 10.2. The van der Waals surface area contributed by atoms with Crippen molar-refractivity contribution in [1.29, 1.82) is 0 Å². The normalized spacial score (nSPS) is 12.2. The second kappa shape index (κ2) is 4.73. The van der Waals surface area contributed by atoms with Crippen LogP contribution in [0.1, 0.15) is 13.3 Å². The summed E-state index contributed by atoms with van der Waals surface area (Å²) in [7, 11) is 0. The van der Waals surface area contributed by atoms with E-state index in [1.54, 1.807) is 0 Å². The summed E-state index contributed by atoms with van der Waals surface area (Å²) < 4.78 is 4.89. The fourth-order valence-corrected chi connectivity index (χ4v) is 0.550. The fourth-order valence-electron chi connectivity index (χ4n) is 0.550. The second-order valence-electron chi connectivity index (χ2n) is 2.11. The van der Waals surface area contributed by atoms with Crippen molar-refractivity contribution < 1.29 is 14.6 Å². The molecule has 0 aliphatic rings. The minimum absolute atomic E-state index is 0.237. The summed E-state index contributed by atoms with van der Waals surface area (Å²) >= 11 is 0. The molecular formula is C7H13NO3. The van der Waals surface area contributed by atoms with Gasteiger partial charge in [0.05, 0.1) is 0 Å². The molecule has 11 heavy (non-hydrogen) atoms. The van der Waals surface area contributed by atoms with Gasteiger partial charge in [-0.15, -0.1) is 0 Å². The summed E-state index contributed by atoms with van der Waals surface area (Å²) in [6, 6.07) is 0. The summed E-state index contributed by atoms with van der Waals surface area (Å²) in [6.07, 6.45) is 0.446. The third-order valence-corrected chi connectivity index (χ3v) is 1.27. The Balaban J connectivity index is 3.81. The largest absolute Gasteiger partial charge is 0.482 e. The molecule has 0 fully saturated rings. The molecular weight excluding hydrogens is 146 g/mol. The maximum Gasteiger partial charge on any atom is 0.370 e. The smallest absolute Gasteiger partial charge is 0.370 e. The van der Waals surface area contributed by atoms with E-state index in [2.05, 4.69) is 6.58 Å². The number of aliphatic carboxylic acids is 1. The number of hydrogen-bond donors (Lipinski definition) is 2. The van der Waals surface area contributed by atoms with Gasteiger partial charge in [-0.25, -0.2) is 4.79 Å². The lowest BCUT2D eigenvalue weighted by molar-refractivity contribution is -0.137. The molecule has 0 aliphatic carbocycles. The zero-order chi connectivity index (χ0) is 8.85. The van der Waals surface area contributed by atoms with Crippen molar-refractivity contribution in [2.45, 2.75) is 19.4 Å². The molecule has 64 valence electrons. The third-order valence-electron chi connectivity index (χ3n) is 1.27. The number of carboxylic acid groups (broad SMARTS) is 1. The summed E-state index contributed by atoms with van der Waals surface area (Å²) in [4.78, 5) is 10.2. The van der Waals surface area contributed by atoms with E-state index in [0.29, 0.717) is 13.0 Å². The number of rotatable bonds is 5. The third kappa shape index (κ3) is 3.62. The van der Waals surface area contributed by atoms with Gasteiger partial charge >= 0.3 is 5.97 Å². The monoisotopic (exact) mass is 159 g/mol. The van der Waals surface area contributed by atoms with Gasteiger partial charge in [0.2, 0.25) is 0 Å². The van der Waals surface area contributed by atoms with E-state index in [1.807, 2.05) is 6.92 Å². The Morgan fingerprint density at radius 1 is 1.82 bits per heavy atom. The number of hydrogen-bond acceptors (Lipinski definition) is 3. The van der Waals surface area contributed by atoms with Crippen LogP contribution in [0.3, 0.4) is 0 Å². The molecule has 0 aliphatic heterocycles. The number of ether oxygens (including phenoxy) is 1. The average Bonchev–Trinajstić information content (AvgIpc) is 1.99. The number of carboxylic acids is 1. The van der Waals surface area contributed by atoms with Crippen molar-refractivity contribution in [2.75, 3.05) is 6.54 Å². The quantitative estimate of drug-likeness (QED) is 0.448. The summed E-state index contributed by atoms with van der Waals surface area (Å²) in [5.74, 6) is -1.39.